The van der Waals surface area contributed by atoms with Crippen LogP contribution in [0.4, 0.5) is 22.0 Å². The number of halogens is 5. The van der Waals surface area contributed by atoms with Crippen LogP contribution in [0, 0.1) is 35.0 Å². The van der Waals surface area contributed by atoms with Crippen molar-refractivity contribution >= 4 is 5.97 Å². The van der Waals surface area contributed by atoms with E-state index in [1.807, 2.05) is 0 Å². The van der Waals surface area contributed by atoms with E-state index < -0.39 is 58.9 Å². The van der Waals surface area contributed by atoms with Crippen molar-refractivity contribution in [2.24, 2.45) is 5.92 Å². The second-order valence-corrected chi connectivity index (χ2v) is 7.16. The lowest BCUT2D eigenvalue weighted by Crippen LogP contribution is -2.32. The minimum Gasteiger partial charge on any atom is -0.508 e. The normalized spacial score (nSPS) is 21.2. The van der Waals surface area contributed by atoms with Gasteiger partial charge in [-0.05, 0) is 18.9 Å². The number of ether oxygens (including phenoxy) is 2. The van der Waals surface area contributed by atoms with Gasteiger partial charge in [-0.15, -0.1) is 0 Å². The lowest BCUT2D eigenvalue weighted by atomic mass is 9.91. The summed E-state index contributed by atoms with van der Waals surface area (Å²) in [5, 5.41) is 18.9. The van der Waals surface area contributed by atoms with Gasteiger partial charge in [-0.25, -0.2) is 22.0 Å². The summed E-state index contributed by atoms with van der Waals surface area (Å²) in [6.07, 6.45) is 0.878. The van der Waals surface area contributed by atoms with E-state index in [-0.39, 0.29) is 37.2 Å². The van der Waals surface area contributed by atoms with Crippen LogP contribution in [0.25, 0.3) is 0 Å². The third-order valence-electron chi connectivity index (χ3n) is 5.01. The van der Waals surface area contributed by atoms with E-state index in [9.17, 15) is 31.9 Å². The number of aliphatic carboxylic acids is 1. The second-order valence-electron chi connectivity index (χ2n) is 7.16. The van der Waals surface area contributed by atoms with E-state index in [1.165, 1.54) is 12.1 Å². The van der Waals surface area contributed by atoms with Gasteiger partial charge in [-0.1, -0.05) is 30.4 Å². The topological polar surface area (TPSA) is 76.0 Å². The molecule has 1 fully saturated rings. The number of hydrogen-bond donors (Lipinski definition) is 2. The van der Waals surface area contributed by atoms with Crippen LogP contribution in [-0.2, 0) is 14.3 Å². The number of allylic oxidation sites excluding steroid dienone is 2. The van der Waals surface area contributed by atoms with Gasteiger partial charge in [0, 0.05) is 17.9 Å². The predicted octanol–water partition coefficient (Wildman–Crippen LogP) is 5.30. The highest BCUT2D eigenvalue weighted by atomic mass is 19.2. The zero-order chi connectivity index (χ0) is 23.4. The van der Waals surface area contributed by atoms with E-state index in [0.717, 1.165) is 0 Å². The number of hydrogen-bond acceptors (Lipinski definition) is 4. The van der Waals surface area contributed by atoms with E-state index in [0.29, 0.717) is 0 Å². The van der Waals surface area contributed by atoms with Crippen molar-refractivity contribution in [2.75, 3.05) is 6.61 Å². The fourth-order valence-corrected chi connectivity index (χ4v) is 3.40. The first-order chi connectivity index (χ1) is 15.2. The molecule has 172 valence electrons. The van der Waals surface area contributed by atoms with E-state index in [4.69, 9.17) is 14.6 Å². The van der Waals surface area contributed by atoms with Gasteiger partial charge in [0.25, 0.3) is 0 Å². The Labute approximate surface area is 179 Å². The van der Waals surface area contributed by atoms with Crippen LogP contribution in [0.1, 0.15) is 42.8 Å². The Balaban J connectivity index is 1.90. The average molecular weight is 458 g/mol. The largest absolute Gasteiger partial charge is 0.508 e. The first-order valence-corrected chi connectivity index (χ1v) is 9.65. The molecule has 0 aliphatic carbocycles. The van der Waals surface area contributed by atoms with E-state index in [1.54, 1.807) is 24.3 Å². The lowest BCUT2D eigenvalue weighted by Gasteiger charge is -2.37. The lowest BCUT2D eigenvalue weighted by molar-refractivity contribution is -0.246. The second kappa shape index (κ2) is 10.1. The molecule has 0 radical (unpaired) electrons. The third kappa shape index (κ3) is 4.91. The van der Waals surface area contributed by atoms with Crippen LogP contribution in [0.5, 0.6) is 5.75 Å². The number of aromatic hydroxyl groups is 1. The zero-order valence-corrected chi connectivity index (χ0v) is 16.5. The molecular formula is C22H19F5O5. The highest BCUT2D eigenvalue weighted by Crippen LogP contribution is 2.44. The summed E-state index contributed by atoms with van der Waals surface area (Å²) in [6, 6.07) is 5.99. The van der Waals surface area contributed by atoms with Crippen LogP contribution in [0.2, 0.25) is 0 Å². The highest BCUT2D eigenvalue weighted by Gasteiger charge is 2.39. The number of benzene rings is 2. The van der Waals surface area contributed by atoms with Gasteiger partial charge >= 0.3 is 5.97 Å². The standard InChI is InChI=1S/C22H19F5O5/c23-16-15(17(24)19(26)20(27)18(16)25)22-31-10-11(6-2-1-3-9-14(29)30)21(32-22)12-7-4-5-8-13(12)28/h1-2,4-5,7-8,11,21-22,28H,3,6,9-10H2,(H,29,30). The third-order valence-corrected chi connectivity index (χ3v) is 5.01. The maximum atomic E-state index is 14.3. The molecule has 2 N–H and O–H groups in total. The maximum absolute atomic E-state index is 14.3. The molecule has 3 unspecified atom stereocenters. The molecule has 32 heavy (non-hydrogen) atoms. The van der Waals surface area contributed by atoms with Crippen LogP contribution in [-0.4, -0.2) is 22.8 Å². The molecule has 0 spiro atoms. The Bertz CT molecular complexity index is 997. The van der Waals surface area contributed by atoms with Crippen molar-refractivity contribution in [1.29, 1.82) is 0 Å². The van der Waals surface area contributed by atoms with Crippen LogP contribution in [0.3, 0.4) is 0 Å². The Kier molecular flexibility index (Phi) is 7.47. The van der Waals surface area contributed by atoms with Gasteiger partial charge in [0.05, 0.1) is 18.3 Å². The molecule has 1 aliphatic rings. The average Bonchev–Trinajstić information content (AvgIpc) is 2.77. The Morgan fingerprint density at radius 3 is 2.25 bits per heavy atom. The summed E-state index contributed by atoms with van der Waals surface area (Å²) in [4.78, 5) is 10.6. The SMILES string of the molecule is O=C(O)CCC=CCC1COC(c2c(F)c(F)c(F)c(F)c2F)OC1c1ccccc1O. The fourth-order valence-electron chi connectivity index (χ4n) is 3.40. The van der Waals surface area contributed by atoms with Crippen molar-refractivity contribution in [3.05, 3.63) is 76.6 Å². The van der Waals surface area contributed by atoms with Crippen molar-refractivity contribution in [1.82, 2.24) is 0 Å². The van der Waals surface area contributed by atoms with Gasteiger partial charge in [0.1, 0.15) is 5.75 Å². The number of carbonyl (C=O) groups is 1. The van der Waals surface area contributed by atoms with Gasteiger partial charge in [-0.2, -0.15) is 0 Å². The molecule has 5 nitrogen and oxygen atoms in total. The van der Waals surface area contributed by atoms with Gasteiger partial charge < -0.3 is 19.7 Å². The molecule has 1 aliphatic heterocycles. The Morgan fingerprint density at radius 2 is 1.62 bits per heavy atom. The predicted molar refractivity (Wildman–Crippen MR) is 101 cm³/mol. The zero-order valence-electron chi connectivity index (χ0n) is 16.5. The van der Waals surface area contributed by atoms with E-state index in [2.05, 4.69) is 0 Å². The molecule has 3 atom stereocenters. The van der Waals surface area contributed by atoms with Crippen molar-refractivity contribution in [2.45, 2.75) is 31.7 Å². The molecule has 1 heterocycles. The first-order valence-electron chi connectivity index (χ1n) is 9.65. The van der Waals surface area contributed by atoms with Gasteiger partial charge in [0.2, 0.25) is 5.82 Å². The number of para-hydroxylation sites is 1. The number of phenols is 1. The molecular weight excluding hydrogens is 439 g/mol. The molecule has 2 aromatic rings. The molecule has 0 amide bonds. The van der Waals surface area contributed by atoms with E-state index >= 15 is 0 Å². The molecule has 0 saturated carbocycles. The quantitative estimate of drug-likeness (QED) is 0.255. The molecule has 2 aromatic carbocycles. The summed E-state index contributed by atoms with van der Waals surface area (Å²) in [5.41, 5.74) is -1.01. The van der Waals surface area contributed by atoms with Crippen molar-refractivity contribution in [3.63, 3.8) is 0 Å². The number of phenolic OH excluding ortho intramolecular Hbond substituents is 1. The van der Waals surface area contributed by atoms with Crippen LogP contribution in [0.15, 0.2) is 36.4 Å². The molecule has 1 saturated heterocycles. The van der Waals surface area contributed by atoms with Gasteiger partial charge in [-0.3, -0.25) is 4.79 Å². The van der Waals surface area contributed by atoms with Crippen LogP contribution < -0.4 is 0 Å². The Hall–Kier alpha value is -2.98. The first kappa shape index (κ1) is 23.7. The minimum atomic E-state index is -2.29. The summed E-state index contributed by atoms with van der Waals surface area (Å²) >= 11 is 0. The summed E-state index contributed by atoms with van der Waals surface area (Å²) in [6.45, 7) is -0.188. The van der Waals surface area contributed by atoms with Gasteiger partial charge in [0.15, 0.2) is 29.6 Å². The Morgan fingerprint density at radius 1 is 1.00 bits per heavy atom. The minimum absolute atomic E-state index is 0.0700. The summed E-state index contributed by atoms with van der Waals surface area (Å²) in [7, 11) is 0. The molecule has 3 rings (SSSR count). The monoisotopic (exact) mass is 458 g/mol. The smallest absolute Gasteiger partial charge is 0.303 e. The maximum Gasteiger partial charge on any atom is 0.303 e. The molecule has 0 aromatic heterocycles. The number of carboxylic acids is 1. The number of carboxylic acid groups (broad SMARTS) is 1. The fraction of sp³-hybridized carbons (Fsp3) is 0.318. The molecule has 10 heteroatoms. The van der Waals surface area contributed by atoms with Crippen LogP contribution >= 0.6 is 0 Å². The van der Waals surface area contributed by atoms with Crippen molar-refractivity contribution in [3.8, 4) is 5.75 Å². The highest BCUT2D eigenvalue weighted by molar-refractivity contribution is 5.66. The molecule has 0 bridgehead atoms. The summed E-state index contributed by atoms with van der Waals surface area (Å²) < 4.78 is 80.1. The van der Waals surface area contributed by atoms with Crippen molar-refractivity contribution < 1.29 is 46.4 Å². The number of rotatable bonds is 7. The summed E-state index contributed by atoms with van der Waals surface area (Å²) in [5.74, 6) is -12.3.